The summed E-state index contributed by atoms with van der Waals surface area (Å²) in [5.41, 5.74) is 2.51. The number of ether oxygens (including phenoxy) is 2. The van der Waals surface area contributed by atoms with E-state index in [4.69, 9.17) is 9.47 Å². The number of hydrogen-bond acceptors (Lipinski definition) is 3. The van der Waals surface area contributed by atoms with Crippen molar-refractivity contribution in [3.05, 3.63) is 63.6 Å². The minimum Gasteiger partial charge on any atom is -0.493 e. The van der Waals surface area contributed by atoms with Gasteiger partial charge in [0.25, 0.3) is 0 Å². The number of methoxy groups -OCH3 is 2. The first kappa shape index (κ1) is 16.3. The maximum atomic E-state index is 12.3. The van der Waals surface area contributed by atoms with Crippen molar-refractivity contribution in [2.75, 3.05) is 14.2 Å². The molecular formula is C18H17BrO3. The van der Waals surface area contributed by atoms with Gasteiger partial charge in [0.15, 0.2) is 17.3 Å². The van der Waals surface area contributed by atoms with Crippen molar-refractivity contribution < 1.29 is 14.3 Å². The van der Waals surface area contributed by atoms with Crippen LogP contribution in [0.15, 0.2) is 46.9 Å². The van der Waals surface area contributed by atoms with Crippen LogP contribution in [0.25, 0.3) is 6.08 Å². The van der Waals surface area contributed by atoms with E-state index in [1.807, 2.05) is 43.3 Å². The van der Waals surface area contributed by atoms with E-state index in [9.17, 15) is 4.79 Å². The molecule has 114 valence electrons. The van der Waals surface area contributed by atoms with Gasteiger partial charge in [-0.15, -0.1) is 0 Å². The lowest BCUT2D eigenvalue weighted by atomic mass is 10.0. The SMILES string of the molecule is COc1cc(Br)c(/C=C/C(=O)c2ccccc2C)cc1OC. The van der Waals surface area contributed by atoms with Crippen LogP contribution in [0.3, 0.4) is 0 Å². The van der Waals surface area contributed by atoms with E-state index in [1.54, 1.807) is 26.4 Å². The van der Waals surface area contributed by atoms with Crippen molar-refractivity contribution in [1.82, 2.24) is 0 Å². The maximum absolute atomic E-state index is 12.3. The molecule has 0 heterocycles. The highest BCUT2D eigenvalue weighted by Gasteiger charge is 2.09. The van der Waals surface area contributed by atoms with Crippen LogP contribution >= 0.6 is 15.9 Å². The molecule has 0 aliphatic rings. The molecule has 0 bridgehead atoms. The van der Waals surface area contributed by atoms with E-state index in [0.29, 0.717) is 17.1 Å². The molecule has 2 rings (SSSR count). The quantitative estimate of drug-likeness (QED) is 0.574. The Bertz CT molecular complexity index is 720. The van der Waals surface area contributed by atoms with E-state index in [0.717, 1.165) is 15.6 Å². The van der Waals surface area contributed by atoms with Gasteiger partial charge < -0.3 is 9.47 Å². The zero-order valence-corrected chi connectivity index (χ0v) is 14.3. The second-order valence-electron chi connectivity index (χ2n) is 4.74. The average molecular weight is 361 g/mol. The van der Waals surface area contributed by atoms with Gasteiger partial charge in [-0.05, 0) is 42.3 Å². The third kappa shape index (κ3) is 3.57. The first-order valence-electron chi connectivity index (χ1n) is 6.76. The fourth-order valence-electron chi connectivity index (χ4n) is 2.10. The zero-order valence-electron chi connectivity index (χ0n) is 12.7. The lowest BCUT2D eigenvalue weighted by Crippen LogP contribution is -1.97. The molecule has 0 spiro atoms. The van der Waals surface area contributed by atoms with Gasteiger partial charge in [0.1, 0.15) is 0 Å². The second kappa shape index (κ2) is 7.27. The van der Waals surface area contributed by atoms with Gasteiger partial charge in [0, 0.05) is 10.0 Å². The molecule has 4 heteroatoms. The Hall–Kier alpha value is -2.07. The van der Waals surface area contributed by atoms with Crippen molar-refractivity contribution in [3.63, 3.8) is 0 Å². The number of halogens is 1. The molecule has 0 fully saturated rings. The summed E-state index contributed by atoms with van der Waals surface area (Å²) in [7, 11) is 3.17. The monoisotopic (exact) mass is 360 g/mol. The van der Waals surface area contributed by atoms with Gasteiger partial charge in [-0.3, -0.25) is 4.79 Å². The first-order valence-corrected chi connectivity index (χ1v) is 7.55. The molecule has 2 aromatic carbocycles. The number of rotatable bonds is 5. The number of carbonyl (C=O) groups excluding carboxylic acids is 1. The van der Waals surface area contributed by atoms with Gasteiger partial charge >= 0.3 is 0 Å². The average Bonchev–Trinajstić information content (AvgIpc) is 2.53. The Labute approximate surface area is 138 Å². The topological polar surface area (TPSA) is 35.5 Å². The smallest absolute Gasteiger partial charge is 0.186 e. The van der Waals surface area contributed by atoms with Crippen LogP contribution in [0.1, 0.15) is 21.5 Å². The number of benzene rings is 2. The van der Waals surface area contributed by atoms with Gasteiger partial charge in [-0.1, -0.05) is 40.2 Å². The summed E-state index contributed by atoms with van der Waals surface area (Å²) in [5, 5.41) is 0. The Kier molecular flexibility index (Phi) is 5.39. The lowest BCUT2D eigenvalue weighted by Gasteiger charge is -2.09. The highest BCUT2D eigenvalue weighted by Crippen LogP contribution is 2.33. The van der Waals surface area contributed by atoms with E-state index >= 15 is 0 Å². The summed E-state index contributed by atoms with van der Waals surface area (Å²) >= 11 is 3.47. The molecule has 0 radical (unpaired) electrons. The number of hydrogen-bond donors (Lipinski definition) is 0. The minimum absolute atomic E-state index is 0.0280. The molecule has 0 N–H and O–H groups in total. The summed E-state index contributed by atoms with van der Waals surface area (Å²) in [4.78, 5) is 12.3. The standard InChI is InChI=1S/C18H17BrO3/c1-12-6-4-5-7-14(12)16(20)9-8-13-10-17(21-2)18(22-3)11-15(13)19/h4-11H,1-3H3/b9-8+. The third-order valence-electron chi connectivity index (χ3n) is 3.33. The van der Waals surface area contributed by atoms with Crippen LogP contribution in [0, 0.1) is 6.92 Å². The molecule has 0 aliphatic heterocycles. The molecule has 0 saturated heterocycles. The lowest BCUT2D eigenvalue weighted by molar-refractivity contribution is 0.104. The third-order valence-corrected chi connectivity index (χ3v) is 4.01. The molecule has 0 aliphatic carbocycles. The van der Waals surface area contributed by atoms with Crippen LogP contribution in [-0.4, -0.2) is 20.0 Å². The van der Waals surface area contributed by atoms with Gasteiger partial charge in [-0.2, -0.15) is 0 Å². The Morgan fingerprint density at radius 2 is 1.73 bits per heavy atom. The number of aryl methyl sites for hydroxylation is 1. The highest BCUT2D eigenvalue weighted by atomic mass is 79.9. The molecule has 2 aromatic rings. The van der Waals surface area contributed by atoms with E-state index in [2.05, 4.69) is 15.9 Å². The van der Waals surface area contributed by atoms with E-state index < -0.39 is 0 Å². The summed E-state index contributed by atoms with van der Waals surface area (Å²) in [6, 6.07) is 11.2. The molecular weight excluding hydrogens is 344 g/mol. The molecule has 0 aromatic heterocycles. The minimum atomic E-state index is -0.0280. The van der Waals surface area contributed by atoms with Crippen LogP contribution in [-0.2, 0) is 0 Å². The molecule has 0 saturated carbocycles. The highest BCUT2D eigenvalue weighted by molar-refractivity contribution is 9.10. The number of allylic oxidation sites excluding steroid dienone is 1. The first-order chi connectivity index (χ1) is 10.6. The summed E-state index contributed by atoms with van der Waals surface area (Å²) in [6.07, 6.45) is 3.33. The number of carbonyl (C=O) groups is 1. The van der Waals surface area contributed by atoms with Crippen LogP contribution in [0.2, 0.25) is 0 Å². The number of ketones is 1. The molecule has 0 amide bonds. The van der Waals surface area contributed by atoms with Gasteiger partial charge in [0.05, 0.1) is 14.2 Å². The van der Waals surface area contributed by atoms with Crippen molar-refractivity contribution in [2.24, 2.45) is 0 Å². The van der Waals surface area contributed by atoms with Crippen molar-refractivity contribution in [3.8, 4) is 11.5 Å². The van der Waals surface area contributed by atoms with E-state index in [1.165, 1.54) is 0 Å². The summed E-state index contributed by atoms with van der Waals surface area (Å²) in [6.45, 7) is 1.92. The summed E-state index contributed by atoms with van der Waals surface area (Å²) in [5.74, 6) is 1.23. The predicted molar refractivity (Wildman–Crippen MR) is 91.8 cm³/mol. The Balaban J connectivity index is 2.30. The zero-order chi connectivity index (χ0) is 16.1. The van der Waals surface area contributed by atoms with Crippen LogP contribution in [0.4, 0.5) is 0 Å². The summed E-state index contributed by atoms with van der Waals surface area (Å²) < 4.78 is 11.3. The Morgan fingerprint density at radius 1 is 1.09 bits per heavy atom. The largest absolute Gasteiger partial charge is 0.493 e. The Morgan fingerprint density at radius 3 is 2.36 bits per heavy atom. The molecule has 22 heavy (non-hydrogen) atoms. The fourth-order valence-corrected chi connectivity index (χ4v) is 2.56. The predicted octanol–water partition coefficient (Wildman–Crippen LogP) is 4.67. The molecule has 0 unspecified atom stereocenters. The fraction of sp³-hybridized carbons (Fsp3) is 0.167. The van der Waals surface area contributed by atoms with Crippen LogP contribution in [0.5, 0.6) is 11.5 Å². The molecule has 3 nitrogen and oxygen atoms in total. The van der Waals surface area contributed by atoms with Crippen LogP contribution < -0.4 is 9.47 Å². The maximum Gasteiger partial charge on any atom is 0.186 e. The second-order valence-corrected chi connectivity index (χ2v) is 5.60. The normalized spacial score (nSPS) is 10.7. The van der Waals surface area contributed by atoms with E-state index in [-0.39, 0.29) is 5.78 Å². The van der Waals surface area contributed by atoms with Crippen molar-refractivity contribution in [2.45, 2.75) is 6.92 Å². The van der Waals surface area contributed by atoms with Crippen molar-refractivity contribution in [1.29, 1.82) is 0 Å². The van der Waals surface area contributed by atoms with Gasteiger partial charge in [-0.25, -0.2) is 0 Å². The van der Waals surface area contributed by atoms with Gasteiger partial charge in [0.2, 0.25) is 0 Å². The molecule has 0 atom stereocenters. The van der Waals surface area contributed by atoms with Crippen molar-refractivity contribution >= 4 is 27.8 Å².